The quantitative estimate of drug-likeness (QED) is 0.230. The molecule has 1 aromatic rings. The Morgan fingerprint density at radius 2 is 2.00 bits per heavy atom. The van der Waals surface area contributed by atoms with E-state index in [9.17, 15) is 4.79 Å². The maximum atomic E-state index is 11.7. The molecule has 9 heteroatoms. The van der Waals surface area contributed by atoms with Gasteiger partial charge in [0.15, 0.2) is 5.96 Å². The average Bonchev–Trinajstić information content (AvgIpc) is 3.15. The highest BCUT2D eigenvalue weighted by Crippen LogP contribution is 2.19. The van der Waals surface area contributed by atoms with E-state index < -0.39 is 0 Å². The van der Waals surface area contributed by atoms with Crippen molar-refractivity contribution in [3.05, 3.63) is 23.9 Å². The van der Waals surface area contributed by atoms with Gasteiger partial charge >= 0.3 is 0 Å². The summed E-state index contributed by atoms with van der Waals surface area (Å²) in [7, 11) is 2.16. The lowest BCUT2D eigenvalue weighted by atomic mass is 10.2. The number of aliphatic imine (C=N–C) groups is 1. The van der Waals surface area contributed by atoms with Gasteiger partial charge in [-0.15, -0.1) is 24.0 Å². The molecule has 2 fully saturated rings. The van der Waals surface area contributed by atoms with E-state index >= 15 is 0 Å². The zero-order valence-corrected chi connectivity index (χ0v) is 20.6. The molecule has 2 aliphatic heterocycles. The van der Waals surface area contributed by atoms with E-state index in [4.69, 9.17) is 4.99 Å². The average molecular weight is 529 g/mol. The lowest BCUT2D eigenvalue weighted by Gasteiger charge is -2.34. The van der Waals surface area contributed by atoms with Gasteiger partial charge in [-0.2, -0.15) is 0 Å². The minimum Gasteiger partial charge on any atom is -0.357 e. The summed E-state index contributed by atoms with van der Waals surface area (Å²) in [5, 5.41) is 6.71. The highest BCUT2D eigenvalue weighted by Gasteiger charge is 2.19. The third kappa shape index (κ3) is 7.26. The molecular formula is C21H36IN7O. The Balaban J connectivity index is 0.00000320. The van der Waals surface area contributed by atoms with Crippen molar-refractivity contribution < 1.29 is 4.79 Å². The van der Waals surface area contributed by atoms with Crippen molar-refractivity contribution in [1.29, 1.82) is 0 Å². The van der Waals surface area contributed by atoms with Crippen LogP contribution < -0.4 is 15.5 Å². The van der Waals surface area contributed by atoms with Gasteiger partial charge in [0.2, 0.25) is 5.91 Å². The molecule has 0 bridgehead atoms. The fourth-order valence-electron chi connectivity index (χ4n) is 3.78. The standard InChI is InChI=1S/C21H35N7O.HI/c1-3-22-21(24-10-6-12-27-11-5-8-19(27)29)25-17-18-7-4-9-23-20(18)28-15-13-26(2)14-16-28;/h4,7,9H,3,5-6,8,10-17H2,1-2H3,(H2,22,24,25);1H. The molecule has 2 N–H and O–H groups in total. The normalized spacial score (nSPS) is 17.8. The second kappa shape index (κ2) is 12.9. The highest BCUT2D eigenvalue weighted by atomic mass is 127. The number of piperazine rings is 1. The number of rotatable bonds is 8. The van der Waals surface area contributed by atoms with Gasteiger partial charge < -0.3 is 25.3 Å². The first-order valence-electron chi connectivity index (χ1n) is 10.8. The first kappa shape index (κ1) is 24.6. The van der Waals surface area contributed by atoms with Crippen LogP contribution in [-0.2, 0) is 11.3 Å². The van der Waals surface area contributed by atoms with Crippen LogP contribution in [0.5, 0.6) is 0 Å². The maximum Gasteiger partial charge on any atom is 0.222 e. The smallest absolute Gasteiger partial charge is 0.222 e. The molecule has 1 amide bonds. The zero-order chi connectivity index (χ0) is 20.5. The number of halogens is 1. The second-order valence-electron chi connectivity index (χ2n) is 7.74. The van der Waals surface area contributed by atoms with Crippen LogP contribution in [0, 0.1) is 0 Å². The Hall–Kier alpha value is -1.62. The van der Waals surface area contributed by atoms with Gasteiger partial charge in [-0.05, 0) is 32.9 Å². The number of carbonyl (C=O) groups is 1. The molecule has 2 aliphatic rings. The van der Waals surface area contributed by atoms with Gasteiger partial charge in [0.1, 0.15) is 5.82 Å². The van der Waals surface area contributed by atoms with Crippen molar-refractivity contribution in [2.24, 2.45) is 4.99 Å². The summed E-state index contributed by atoms with van der Waals surface area (Å²) in [5.41, 5.74) is 1.15. The van der Waals surface area contributed by atoms with Crippen LogP contribution in [0.3, 0.4) is 0 Å². The first-order chi connectivity index (χ1) is 14.2. The van der Waals surface area contributed by atoms with Gasteiger partial charge in [-0.25, -0.2) is 9.98 Å². The van der Waals surface area contributed by atoms with Crippen molar-refractivity contribution >= 4 is 41.7 Å². The first-order valence-corrected chi connectivity index (χ1v) is 10.8. The van der Waals surface area contributed by atoms with E-state index in [1.807, 2.05) is 17.2 Å². The van der Waals surface area contributed by atoms with E-state index in [0.717, 1.165) is 82.5 Å². The van der Waals surface area contributed by atoms with E-state index in [1.54, 1.807) is 0 Å². The van der Waals surface area contributed by atoms with Gasteiger partial charge in [0, 0.05) is 70.5 Å². The Kier molecular flexibility index (Phi) is 10.6. The van der Waals surface area contributed by atoms with E-state index in [0.29, 0.717) is 18.9 Å². The molecule has 0 radical (unpaired) electrons. The summed E-state index contributed by atoms with van der Waals surface area (Å²) in [5.74, 6) is 2.15. The third-order valence-electron chi connectivity index (χ3n) is 5.49. The molecule has 0 atom stereocenters. The molecule has 1 aromatic heterocycles. The second-order valence-corrected chi connectivity index (χ2v) is 7.74. The number of anilines is 1. The van der Waals surface area contributed by atoms with Crippen molar-refractivity contribution in [1.82, 2.24) is 25.4 Å². The summed E-state index contributed by atoms with van der Waals surface area (Å²) >= 11 is 0. The number of hydrogen-bond donors (Lipinski definition) is 2. The molecule has 0 aromatic carbocycles. The highest BCUT2D eigenvalue weighted by molar-refractivity contribution is 14.0. The number of carbonyl (C=O) groups excluding carboxylic acids is 1. The van der Waals surface area contributed by atoms with Gasteiger partial charge in [0.05, 0.1) is 6.54 Å². The number of nitrogens with zero attached hydrogens (tertiary/aromatic N) is 5. The van der Waals surface area contributed by atoms with Crippen LogP contribution in [0.25, 0.3) is 0 Å². The minimum atomic E-state index is 0. The molecule has 0 saturated carbocycles. The van der Waals surface area contributed by atoms with Crippen molar-refractivity contribution in [2.75, 3.05) is 64.3 Å². The van der Waals surface area contributed by atoms with E-state index in [1.165, 1.54) is 0 Å². The Morgan fingerprint density at radius 3 is 2.70 bits per heavy atom. The molecule has 3 heterocycles. The van der Waals surface area contributed by atoms with E-state index in [-0.39, 0.29) is 24.0 Å². The molecule has 0 spiro atoms. The molecule has 2 saturated heterocycles. The minimum absolute atomic E-state index is 0. The SMILES string of the molecule is CCNC(=NCc1cccnc1N1CCN(C)CC1)NCCCN1CCCC1=O.I. The molecule has 0 unspecified atom stereocenters. The fraction of sp³-hybridized carbons (Fsp3) is 0.667. The number of aromatic nitrogens is 1. The molecule has 168 valence electrons. The van der Waals surface area contributed by atoms with E-state index in [2.05, 4.69) is 45.5 Å². The number of nitrogens with one attached hydrogen (secondary N) is 2. The molecule has 30 heavy (non-hydrogen) atoms. The summed E-state index contributed by atoms with van der Waals surface area (Å²) in [6.45, 7) is 10.1. The molecule has 3 rings (SSSR count). The third-order valence-corrected chi connectivity index (χ3v) is 5.49. The van der Waals surface area contributed by atoms with Gasteiger partial charge in [-0.1, -0.05) is 6.07 Å². The van der Waals surface area contributed by atoms with Crippen LogP contribution in [0.2, 0.25) is 0 Å². The fourth-order valence-corrected chi connectivity index (χ4v) is 3.78. The summed E-state index contributed by atoms with van der Waals surface area (Å²) in [4.78, 5) is 27.8. The van der Waals surface area contributed by atoms with Crippen molar-refractivity contribution in [2.45, 2.75) is 32.7 Å². The summed E-state index contributed by atoms with van der Waals surface area (Å²) in [6.07, 6.45) is 4.49. The molecule has 0 aliphatic carbocycles. The summed E-state index contributed by atoms with van der Waals surface area (Å²) in [6, 6.07) is 4.10. The lowest BCUT2D eigenvalue weighted by Crippen LogP contribution is -2.45. The Morgan fingerprint density at radius 1 is 1.20 bits per heavy atom. The predicted octanol–water partition coefficient (Wildman–Crippen LogP) is 1.52. The summed E-state index contributed by atoms with van der Waals surface area (Å²) < 4.78 is 0. The topological polar surface area (TPSA) is 76.1 Å². The predicted molar refractivity (Wildman–Crippen MR) is 133 cm³/mol. The number of pyridine rings is 1. The number of guanidine groups is 1. The number of likely N-dealkylation sites (N-methyl/N-ethyl adjacent to an activating group) is 1. The molecule has 8 nitrogen and oxygen atoms in total. The van der Waals surface area contributed by atoms with Crippen molar-refractivity contribution in [3.63, 3.8) is 0 Å². The van der Waals surface area contributed by atoms with Gasteiger partial charge in [0.25, 0.3) is 0 Å². The lowest BCUT2D eigenvalue weighted by molar-refractivity contribution is -0.127. The van der Waals surface area contributed by atoms with Crippen LogP contribution in [0.15, 0.2) is 23.3 Å². The van der Waals surface area contributed by atoms with Gasteiger partial charge in [-0.3, -0.25) is 4.79 Å². The zero-order valence-electron chi connectivity index (χ0n) is 18.3. The van der Waals surface area contributed by atoms with Crippen LogP contribution in [0.4, 0.5) is 5.82 Å². The van der Waals surface area contributed by atoms with Crippen LogP contribution in [-0.4, -0.2) is 86.1 Å². The number of likely N-dealkylation sites (tertiary alicyclic amines) is 1. The van der Waals surface area contributed by atoms with Crippen LogP contribution >= 0.6 is 24.0 Å². The number of amides is 1. The largest absolute Gasteiger partial charge is 0.357 e. The Bertz CT molecular complexity index is 692. The van der Waals surface area contributed by atoms with Crippen LogP contribution in [0.1, 0.15) is 31.7 Å². The number of hydrogen-bond acceptors (Lipinski definition) is 5. The monoisotopic (exact) mass is 529 g/mol. The van der Waals surface area contributed by atoms with Crippen molar-refractivity contribution in [3.8, 4) is 0 Å². The molecular weight excluding hydrogens is 493 g/mol. The Labute approximate surface area is 197 Å². The maximum absolute atomic E-state index is 11.7.